The van der Waals surface area contributed by atoms with Crippen LogP contribution in [0.3, 0.4) is 0 Å². The standard InChI is InChI=1S/C20H15BrN2O/c21-19-12-18(22-23-19)17-11-10-15-8-4-5-9-16(15)20(17)24-13-14-6-2-1-3-7-14/h1-12H,13H2,(H,22,23). The molecule has 1 aromatic heterocycles. The minimum absolute atomic E-state index is 0.521. The summed E-state index contributed by atoms with van der Waals surface area (Å²) in [7, 11) is 0. The number of H-pyrrole nitrogens is 1. The Kier molecular flexibility index (Phi) is 4.05. The highest BCUT2D eigenvalue weighted by atomic mass is 79.9. The monoisotopic (exact) mass is 378 g/mol. The number of nitrogens with one attached hydrogen (secondary N) is 1. The maximum absolute atomic E-state index is 6.23. The zero-order valence-electron chi connectivity index (χ0n) is 12.9. The number of hydrogen-bond acceptors (Lipinski definition) is 2. The molecule has 4 aromatic rings. The van der Waals surface area contributed by atoms with Crippen molar-refractivity contribution in [2.24, 2.45) is 0 Å². The molecular formula is C20H15BrN2O. The van der Waals surface area contributed by atoms with Crippen molar-refractivity contribution < 1.29 is 4.74 Å². The molecule has 0 spiro atoms. The lowest BCUT2D eigenvalue weighted by Gasteiger charge is -2.13. The van der Waals surface area contributed by atoms with Crippen molar-refractivity contribution >= 4 is 26.7 Å². The molecule has 0 radical (unpaired) electrons. The van der Waals surface area contributed by atoms with Gasteiger partial charge in [0.1, 0.15) is 17.0 Å². The molecule has 0 aliphatic rings. The Labute approximate surface area is 148 Å². The van der Waals surface area contributed by atoms with Crippen molar-refractivity contribution in [3.8, 4) is 17.0 Å². The van der Waals surface area contributed by atoms with Crippen LogP contribution in [0.25, 0.3) is 22.0 Å². The van der Waals surface area contributed by atoms with E-state index in [1.165, 1.54) is 0 Å². The van der Waals surface area contributed by atoms with Gasteiger partial charge in [-0.3, -0.25) is 5.10 Å². The largest absolute Gasteiger partial charge is 0.488 e. The number of nitrogens with zero attached hydrogens (tertiary/aromatic N) is 1. The average Bonchev–Trinajstić information content (AvgIpc) is 3.06. The van der Waals surface area contributed by atoms with Crippen molar-refractivity contribution in [2.75, 3.05) is 0 Å². The Balaban J connectivity index is 1.80. The molecule has 3 aromatic carbocycles. The van der Waals surface area contributed by atoms with Gasteiger partial charge in [0.05, 0.1) is 5.69 Å². The summed E-state index contributed by atoms with van der Waals surface area (Å²) >= 11 is 3.42. The fourth-order valence-electron chi connectivity index (χ4n) is 2.77. The fourth-order valence-corrected chi connectivity index (χ4v) is 3.07. The summed E-state index contributed by atoms with van der Waals surface area (Å²) in [6, 6.07) is 24.5. The molecule has 4 rings (SSSR count). The number of hydrogen-bond donors (Lipinski definition) is 1. The van der Waals surface area contributed by atoms with Crippen molar-refractivity contribution in [3.63, 3.8) is 0 Å². The Morgan fingerprint density at radius 1 is 0.917 bits per heavy atom. The summed E-state index contributed by atoms with van der Waals surface area (Å²) in [5.74, 6) is 0.857. The van der Waals surface area contributed by atoms with Gasteiger partial charge in [-0.1, -0.05) is 60.7 Å². The second kappa shape index (κ2) is 6.49. The minimum Gasteiger partial charge on any atom is -0.488 e. The highest BCUT2D eigenvalue weighted by Gasteiger charge is 2.13. The van der Waals surface area contributed by atoms with Crippen LogP contribution in [-0.2, 0) is 6.61 Å². The molecule has 0 saturated carbocycles. The fraction of sp³-hybridized carbons (Fsp3) is 0.0500. The second-order valence-corrected chi connectivity index (χ2v) is 6.39. The van der Waals surface area contributed by atoms with Crippen molar-refractivity contribution in [1.29, 1.82) is 0 Å². The highest BCUT2D eigenvalue weighted by molar-refractivity contribution is 9.10. The maximum Gasteiger partial charge on any atom is 0.137 e. The van der Waals surface area contributed by atoms with E-state index >= 15 is 0 Å². The molecule has 1 N–H and O–H groups in total. The number of fused-ring (bicyclic) bond motifs is 1. The molecule has 0 amide bonds. The first-order chi connectivity index (χ1) is 11.8. The number of aromatic amines is 1. The first kappa shape index (κ1) is 15.0. The number of ether oxygens (including phenoxy) is 1. The van der Waals surface area contributed by atoms with Gasteiger partial charge in [0.15, 0.2) is 0 Å². The lowest BCUT2D eigenvalue weighted by Crippen LogP contribution is -1.98. The van der Waals surface area contributed by atoms with Crippen molar-refractivity contribution in [1.82, 2.24) is 10.2 Å². The van der Waals surface area contributed by atoms with E-state index in [4.69, 9.17) is 4.74 Å². The van der Waals surface area contributed by atoms with Gasteiger partial charge in [0.2, 0.25) is 0 Å². The van der Waals surface area contributed by atoms with Crippen LogP contribution in [0, 0.1) is 0 Å². The summed E-state index contributed by atoms with van der Waals surface area (Å²) in [5.41, 5.74) is 2.97. The summed E-state index contributed by atoms with van der Waals surface area (Å²) < 4.78 is 7.08. The molecule has 24 heavy (non-hydrogen) atoms. The first-order valence-corrected chi connectivity index (χ1v) is 8.50. The van der Waals surface area contributed by atoms with Crippen molar-refractivity contribution in [2.45, 2.75) is 6.61 Å². The lowest BCUT2D eigenvalue weighted by molar-refractivity contribution is 0.311. The van der Waals surface area contributed by atoms with Gasteiger partial charge in [-0.2, -0.15) is 5.10 Å². The van der Waals surface area contributed by atoms with E-state index in [0.29, 0.717) is 6.61 Å². The predicted octanol–water partition coefficient (Wildman–Crippen LogP) is 5.57. The maximum atomic E-state index is 6.23. The van der Waals surface area contributed by atoms with Gasteiger partial charge in [-0.25, -0.2) is 0 Å². The molecule has 0 atom stereocenters. The van der Waals surface area contributed by atoms with E-state index in [9.17, 15) is 0 Å². The second-order valence-electron chi connectivity index (χ2n) is 5.54. The lowest BCUT2D eigenvalue weighted by atomic mass is 10.0. The summed E-state index contributed by atoms with van der Waals surface area (Å²) in [6.45, 7) is 0.521. The van der Waals surface area contributed by atoms with Gasteiger partial charge in [-0.05, 0) is 39.0 Å². The Bertz CT molecular complexity index is 979. The number of aromatic nitrogens is 2. The molecule has 1 heterocycles. The number of benzene rings is 3. The van der Waals surface area contributed by atoms with Crippen LogP contribution in [0.15, 0.2) is 77.4 Å². The average molecular weight is 379 g/mol. The van der Waals surface area contributed by atoms with E-state index < -0.39 is 0 Å². The Hall–Kier alpha value is -2.59. The van der Waals surface area contributed by atoms with E-state index in [-0.39, 0.29) is 0 Å². The van der Waals surface area contributed by atoms with E-state index in [1.807, 2.05) is 36.4 Å². The minimum atomic E-state index is 0.521. The Morgan fingerprint density at radius 2 is 1.71 bits per heavy atom. The quantitative estimate of drug-likeness (QED) is 0.503. The van der Waals surface area contributed by atoms with Gasteiger partial charge >= 0.3 is 0 Å². The van der Waals surface area contributed by atoms with Crippen LogP contribution < -0.4 is 4.74 Å². The molecule has 0 bridgehead atoms. The smallest absolute Gasteiger partial charge is 0.137 e. The Morgan fingerprint density at radius 3 is 2.50 bits per heavy atom. The molecule has 0 fully saturated rings. The normalized spacial score (nSPS) is 10.9. The number of halogens is 1. The highest BCUT2D eigenvalue weighted by Crippen LogP contribution is 2.37. The molecule has 118 valence electrons. The first-order valence-electron chi connectivity index (χ1n) is 7.71. The van der Waals surface area contributed by atoms with Gasteiger partial charge in [0.25, 0.3) is 0 Å². The summed E-state index contributed by atoms with van der Waals surface area (Å²) in [6.07, 6.45) is 0. The van der Waals surface area contributed by atoms with E-state index in [1.54, 1.807) is 0 Å². The van der Waals surface area contributed by atoms with Crippen LogP contribution in [0.4, 0.5) is 0 Å². The molecule has 0 aliphatic carbocycles. The number of rotatable bonds is 4. The third kappa shape index (κ3) is 2.93. The third-order valence-corrected chi connectivity index (χ3v) is 4.33. The molecule has 0 aliphatic heterocycles. The predicted molar refractivity (Wildman–Crippen MR) is 100 cm³/mol. The van der Waals surface area contributed by atoms with Crippen LogP contribution >= 0.6 is 15.9 Å². The van der Waals surface area contributed by atoms with Gasteiger partial charge < -0.3 is 4.74 Å². The molecule has 3 nitrogen and oxygen atoms in total. The molecule has 0 unspecified atom stereocenters. The van der Waals surface area contributed by atoms with Crippen LogP contribution in [0.5, 0.6) is 5.75 Å². The van der Waals surface area contributed by atoms with Gasteiger partial charge in [0, 0.05) is 10.9 Å². The topological polar surface area (TPSA) is 37.9 Å². The molecular weight excluding hydrogens is 364 g/mol. The van der Waals surface area contributed by atoms with Gasteiger partial charge in [-0.15, -0.1) is 0 Å². The van der Waals surface area contributed by atoms with E-state index in [0.717, 1.165) is 37.9 Å². The zero-order valence-corrected chi connectivity index (χ0v) is 14.5. The van der Waals surface area contributed by atoms with E-state index in [2.05, 4.69) is 62.5 Å². The van der Waals surface area contributed by atoms with Crippen LogP contribution in [0.2, 0.25) is 0 Å². The third-order valence-electron chi connectivity index (χ3n) is 3.93. The SMILES string of the molecule is Brc1cc(-c2ccc3ccccc3c2OCc2ccccc2)n[nH]1. The molecule has 0 saturated heterocycles. The summed E-state index contributed by atoms with van der Waals surface area (Å²) in [5, 5.41) is 9.52. The van der Waals surface area contributed by atoms with Crippen LogP contribution in [0.1, 0.15) is 5.56 Å². The zero-order chi connectivity index (χ0) is 16.4. The molecule has 4 heteroatoms. The summed E-state index contributed by atoms with van der Waals surface area (Å²) in [4.78, 5) is 0. The van der Waals surface area contributed by atoms with Crippen LogP contribution in [-0.4, -0.2) is 10.2 Å². The van der Waals surface area contributed by atoms with Crippen molar-refractivity contribution in [3.05, 3.63) is 83.0 Å².